The Balaban J connectivity index is 1.34. The summed E-state index contributed by atoms with van der Waals surface area (Å²) < 4.78 is 5.76. The minimum absolute atomic E-state index is 0.0957. The van der Waals surface area contributed by atoms with Crippen molar-refractivity contribution in [3.63, 3.8) is 0 Å². The van der Waals surface area contributed by atoms with Crippen molar-refractivity contribution in [2.24, 2.45) is 0 Å². The molecule has 5 heteroatoms. The molecule has 0 atom stereocenters. The zero-order valence-corrected chi connectivity index (χ0v) is 15.9. The summed E-state index contributed by atoms with van der Waals surface area (Å²) in [5, 5.41) is 5.75. The Kier molecular flexibility index (Phi) is 5.45. The number of para-hydroxylation sites is 1. The summed E-state index contributed by atoms with van der Waals surface area (Å²) in [5.41, 5.74) is 2.56. The van der Waals surface area contributed by atoms with E-state index in [9.17, 15) is 4.79 Å². The molecule has 4 rings (SSSR count). The van der Waals surface area contributed by atoms with E-state index in [0.717, 1.165) is 33.5 Å². The van der Waals surface area contributed by atoms with Crippen LogP contribution in [-0.4, -0.2) is 10.9 Å². The second-order valence-electron chi connectivity index (χ2n) is 6.17. The minimum Gasteiger partial charge on any atom is -0.457 e. The second-order valence-corrected chi connectivity index (χ2v) is 7.03. The summed E-state index contributed by atoms with van der Waals surface area (Å²) in [6.07, 6.45) is 0.242. The van der Waals surface area contributed by atoms with Crippen molar-refractivity contribution in [1.29, 1.82) is 0 Å². The van der Waals surface area contributed by atoms with E-state index >= 15 is 0 Å². The molecule has 0 saturated heterocycles. The third kappa shape index (κ3) is 4.64. The van der Waals surface area contributed by atoms with Crippen LogP contribution in [0.25, 0.3) is 10.6 Å². The number of nitrogens with one attached hydrogen (secondary N) is 1. The van der Waals surface area contributed by atoms with Crippen LogP contribution in [0.3, 0.4) is 0 Å². The van der Waals surface area contributed by atoms with Gasteiger partial charge in [-0.2, -0.15) is 0 Å². The molecule has 0 radical (unpaired) electrons. The van der Waals surface area contributed by atoms with Gasteiger partial charge < -0.3 is 10.1 Å². The van der Waals surface area contributed by atoms with Gasteiger partial charge in [-0.15, -0.1) is 11.3 Å². The summed E-state index contributed by atoms with van der Waals surface area (Å²) in [7, 11) is 0. The minimum atomic E-state index is -0.0957. The van der Waals surface area contributed by atoms with Gasteiger partial charge in [-0.1, -0.05) is 48.5 Å². The molecule has 3 aromatic carbocycles. The molecule has 1 aromatic heterocycles. The Morgan fingerprint density at radius 2 is 1.50 bits per heavy atom. The number of aromatic nitrogens is 1. The molecule has 0 aliphatic carbocycles. The first-order valence-corrected chi connectivity index (χ1v) is 9.77. The lowest BCUT2D eigenvalue weighted by atomic mass is 10.2. The van der Waals surface area contributed by atoms with E-state index in [4.69, 9.17) is 4.74 Å². The van der Waals surface area contributed by atoms with Crippen LogP contribution in [0.5, 0.6) is 11.5 Å². The lowest BCUT2D eigenvalue weighted by Gasteiger charge is -2.07. The SMILES string of the molecule is O=C(Cc1csc(-c2ccccc2)n1)Nc1ccc(Oc2ccccc2)cc1. The van der Waals surface area contributed by atoms with Gasteiger partial charge in [-0.3, -0.25) is 4.79 Å². The zero-order chi connectivity index (χ0) is 19.2. The maximum absolute atomic E-state index is 12.3. The standard InChI is InChI=1S/C23H18N2O2S/c26-22(15-19-16-28-23(25-19)17-7-3-1-4-8-17)24-18-11-13-21(14-12-18)27-20-9-5-2-6-10-20/h1-14,16H,15H2,(H,24,26). The number of nitrogens with zero attached hydrogens (tertiary/aromatic N) is 1. The first-order chi connectivity index (χ1) is 13.8. The fourth-order valence-corrected chi connectivity index (χ4v) is 3.53. The Labute approximate surface area is 167 Å². The Morgan fingerprint density at radius 1 is 0.857 bits per heavy atom. The van der Waals surface area contributed by atoms with Gasteiger partial charge in [0.2, 0.25) is 5.91 Å². The molecular weight excluding hydrogens is 368 g/mol. The van der Waals surface area contributed by atoms with E-state index in [0.29, 0.717) is 0 Å². The van der Waals surface area contributed by atoms with Crippen LogP contribution in [0.15, 0.2) is 90.3 Å². The molecule has 0 saturated carbocycles. The molecule has 4 aromatic rings. The number of ether oxygens (including phenoxy) is 1. The van der Waals surface area contributed by atoms with Gasteiger partial charge >= 0.3 is 0 Å². The van der Waals surface area contributed by atoms with E-state index in [-0.39, 0.29) is 12.3 Å². The molecule has 4 nitrogen and oxygen atoms in total. The average Bonchev–Trinajstić information content (AvgIpc) is 3.19. The van der Waals surface area contributed by atoms with Gasteiger partial charge in [0.15, 0.2) is 0 Å². The number of carbonyl (C=O) groups excluding carboxylic acids is 1. The van der Waals surface area contributed by atoms with Gasteiger partial charge in [0, 0.05) is 16.6 Å². The van der Waals surface area contributed by atoms with Crippen molar-refractivity contribution in [3.8, 4) is 22.1 Å². The summed E-state index contributed by atoms with van der Waals surface area (Å²) in [5.74, 6) is 1.40. The number of carbonyl (C=O) groups is 1. The lowest BCUT2D eigenvalue weighted by Crippen LogP contribution is -2.14. The highest BCUT2D eigenvalue weighted by Crippen LogP contribution is 2.24. The van der Waals surface area contributed by atoms with E-state index in [1.807, 2.05) is 90.3 Å². The predicted molar refractivity (Wildman–Crippen MR) is 113 cm³/mol. The van der Waals surface area contributed by atoms with Crippen LogP contribution < -0.4 is 10.1 Å². The highest BCUT2D eigenvalue weighted by Gasteiger charge is 2.09. The third-order valence-corrected chi connectivity index (χ3v) is 4.97. The fraction of sp³-hybridized carbons (Fsp3) is 0.0435. The molecule has 28 heavy (non-hydrogen) atoms. The normalized spacial score (nSPS) is 10.4. The molecule has 138 valence electrons. The van der Waals surface area contributed by atoms with Gasteiger partial charge in [-0.25, -0.2) is 4.98 Å². The van der Waals surface area contributed by atoms with Gasteiger partial charge in [0.25, 0.3) is 0 Å². The number of amides is 1. The van der Waals surface area contributed by atoms with Crippen LogP contribution in [-0.2, 0) is 11.2 Å². The van der Waals surface area contributed by atoms with Gasteiger partial charge in [-0.05, 0) is 36.4 Å². The number of benzene rings is 3. The first-order valence-electron chi connectivity index (χ1n) is 8.89. The topological polar surface area (TPSA) is 51.2 Å². The molecule has 1 amide bonds. The number of thiazole rings is 1. The van der Waals surface area contributed by atoms with Gasteiger partial charge in [0.05, 0.1) is 12.1 Å². The van der Waals surface area contributed by atoms with Crippen LogP contribution in [0.2, 0.25) is 0 Å². The number of anilines is 1. The quantitative estimate of drug-likeness (QED) is 0.457. The van der Waals surface area contributed by atoms with E-state index in [1.54, 1.807) is 11.3 Å². The average molecular weight is 386 g/mol. The highest BCUT2D eigenvalue weighted by molar-refractivity contribution is 7.13. The predicted octanol–water partition coefficient (Wildman–Crippen LogP) is 5.78. The van der Waals surface area contributed by atoms with Crippen LogP contribution >= 0.6 is 11.3 Å². The smallest absolute Gasteiger partial charge is 0.230 e. The lowest BCUT2D eigenvalue weighted by molar-refractivity contribution is -0.115. The monoisotopic (exact) mass is 386 g/mol. The Morgan fingerprint density at radius 3 is 2.21 bits per heavy atom. The first kappa shape index (κ1) is 17.9. The van der Waals surface area contributed by atoms with Crippen molar-refractivity contribution in [1.82, 2.24) is 4.98 Å². The molecule has 0 unspecified atom stereocenters. The summed E-state index contributed by atoms with van der Waals surface area (Å²) >= 11 is 1.55. The van der Waals surface area contributed by atoms with Crippen molar-refractivity contribution >= 4 is 22.9 Å². The molecule has 1 N–H and O–H groups in total. The molecule has 1 heterocycles. The van der Waals surface area contributed by atoms with Crippen LogP contribution in [0, 0.1) is 0 Å². The van der Waals surface area contributed by atoms with Gasteiger partial charge in [0.1, 0.15) is 16.5 Å². The fourth-order valence-electron chi connectivity index (χ4n) is 2.70. The molecule has 0 aliphatic heterocycles. The second kappa shape index (κ2) is 8.50. The Bertz CT molecular complexity index is 1040. The van der Waals surface area contributed by atoms with E-state index in [1.165, 1.54) is 0 Å². The molecule has 0 spiro atoms. The summed E-state index contributed by atoms with van der Waals surface area (Å²) in [4.78, 5) is 16.9. The Hall–Kier alpha value is -3.44. The van der Waals surface area contributed by atoms with E-state index in [2.05, 4.69) is 10.3 Å². The molecular formula is C23H18N2O2S. The third-order valence-electron chi connectivity index (χ3n) is 4.03. The molecule has 0 fully saturated rings. The summed E-state index contributed by atoms with van der Waals surface area (Å²) in [6, 6.07) is 26.9. The van der Waals surface area contributed by atoms with Crippen LogP contribution in [0.4, 0.5) is 5.69 Å². The van der Waals surface area contributed by atoms with Crippen LogP contribution in [0.1, 0.15) is 5.69 Å². The van der Waals surface area contributed by atoms with Crippen molar-refractivity contribution in [3.05, 3.63) is 96.0 Å². The van der Waals surface area contributed by atoms with Crippen molar-refractivity contribution in [2.75, 3.05) is 5.32 Å². The molecule has 0 aliphatic rings. The number of hydrogen-bond acceptors (Lipinski definition) is 4. The number of hydrogen-bond donors (Lipinski definition) is 1. The zero-order valence-electron chi connectivity index (χ0n) is 15.0. The maximum atomic E-state index is 12.3. The summed E-state index contributed by atoms with van der Waals surface area (Å²) in [6.45, 7) is 0. The molecule has 0 bridgehead atoms. The highest BCUT2D eigenvalue weighted by atomic mass is 32.1. The largest absolute Gasteiger partial charge is 0.457 e. The number of rotatable bonds is 6. The van der Waals surface area contributed by atoms with Crippen molar-refractivity contribution < 1.29 is 9.53 Å². The maximum Gasteiger partial charge on any atom is 0.230 e. The van der Waals surface area contributed by atoms with E-state index < -0.39 is 0 Å². The van der Waals surface area contributed by atoms with Crippen molar-refractivity contribution in [2.45, 2.75) is 6.42 Å².